The monoisotopic (exact) mass is 327 g/mol. The Kier molecular flexibility index (Phi) is 3.53. The van der Waals surface area contributed by atoms with Crippen LogP contribution in [0, 0.1) is 19.7 Å². The quantitative estimate of drug-likeness (QED) is 0.714. The molecule has 0 spiro atoms. The van der Waals surface area contributed by atoms with E-state index in [1.54, 1.807) is 24.3 Å². The van der Waals surface area contributed by atoms with Gasteiger partial charge in [-0.05, 0) is 62.8 Å². The highest BCUT2D eigenvalue weighted by atomic mass is 32.1. The Bertz CT molecular complexity index is 901. The Labute approximate surface area is 138 Å². The predicted octanol–water partition coefficient (Wildman–Crippen LogP) is 5.07. The molecule has 0 atom stereocenters. The van der Waals surface area contributed by atoms with E-state index in [1.165, 1.54) is 29.3 Å². The van der Waals surface area contributed by atoms with E-state index in [2.05, 4.69) is 15.3 Å². The first-order chi connectivity index (χ1) is 11.1. The van der Waals surface area contributed by atoms with Crippen molar-refractivity contribution < 1.29 is 4.39 Å². The first-order valence-electron chi connectivity index (χ1n) is 7.94. The minimum Gasteiger partial charge on any atom is -0.339 e. The molecule has 0 saturated carbocycles. The Morgan fingerprint density at radius 3 is 2.78 bits per heavy atom. The number of benzene rings is 1. The van der Waals surface area contributed by atoms with Gasteiger partial charge < -0.3 is 5.32 Å². The molecular formula is C18H18FN3S. The molecule has 0 saturated heterocycles. The second-order valence-electron chi connectivity index (χ2n) is 6.10. The van der Waals surface area contributed by atoms with E-state index in [0.717, 1.165) is 40.4 Å². The fourth-order valence-corrected chi connectivity index (χ4v) is 4.47. The fourth-order valence-electron chi connectivity index (χ4n) is 3.16. The van der Waals surface area contributed by atoms with Crippen LogP contribution >= 0.6 is 11.3 Å². The molecule has 1 aliphatic rings. The Hall–Kier alpha value is -2.01. The summed E-state index contributed by atoms with van der Waals surface area (Å²) in [6.07, 6.45) is 4.68. The van der Waals surface area contributed by atoms with Gasteiger partial charge in [-0.1, -0.05) is 6.07 Å². The maximum Gasteiger partial charge on any atom is 0.143 e. The van der Waals surface area contributed by atoms with E-state index in [1.807, 2.05) is 13.0 Å². The maximum absolute atomic E-state index is 13.8. The van der Waals surface area contributed by atoms with Gasteiger partial charge in [0.05, 0.1) is 5.39 Å². The van der Waals surface area contributed by atoms with Crippen molar-refractivity contribution in [1.29, 1.82) is 0 Å². The van der Waals surface area contributed by atoms with Crippen LogP contribution in [0.5, 0.6) is 0 Å². The first kappa shape index (κ1) is 14.6. The predicted molar refractivity (Wildman–Crippen MR) is 93.2 cm³/mol. The number of aromatic nitrogens is 2. The number of nitrogens with zero attached hydrogens (tertiary/aromatic N) is 2. The highest BCUT2D eigenvalue weighted by Gasteiger charge is 2.20. The number of hydrogen-bond donors (Lipinski definition) is 1. The Morgan fingerprint density at radius 1 is 1.13 bits per heavy atom. The molecule has 4 rings (SSSR count). The number of thiophene rings is 1. The molecule has 3 nitrogen and oxygen atoms in total. The molecule has 1 N–H and O–H groups in total. The molecule has 1 aliphatic carbocycles. The minimum absolute atomic E-state index is 0.204. The van der Waals surface area contributed by atoms with Gasteiger partial charge in [0.2, 0.25) is 0 Å². The van der Waals surface area contributed by atoms with Crippen LogP contribution < -0.4 is 5.32 Å². The van der Waals surface area contributed by atoms with Gasteiger partial charge in [-0.15, -0.1) is 11.3 Å². The first-order valence-corrected chi connectivity index (χ1v) is 8.75. The van der Waals surface area contributed by atoms with E-state index < -0.39 is 0 Å². The number of nitrogens with one attached hydrogen (secondary N) is 1. The molecular weight excluding hydrogens is 309 g/mol. The average Bonchev–Trinajstić information content (AvgIpc) is 2.89. The largest absolute Gasteiger partial charge is 0.339 e. The summed E-state index contributed by atoms with van der Waals surface area (Å²) in [5.41, 5.74) is 2.75. The second kappa shape index (κ2) is 5.57. The summed E-state index contributed by atoms with van der Waals surface area (Å²) < 4.78 is 13.8. The zero-order chi connectivity index (χ0) is 16.0. The van der Waals surface area contributed by atoms with Gasteiger partial charge in [0, 0.05) is 10.6 Å². The van der Waals surface area contributed by atoms with Gasteiger partial charge in [0.25, 0.3) is 0 Å². The summed E-state index contributed by atoms with van der Waals surface area (Å²) in [4.78, 5) is 11.7. The van der Waals surface area contributed by atoms with Crippen LogP contribution in [0.25, 0.3) is 10.2 Å². The van der Waals surface area contributed by atoms with Gasteiger partial charge in [0.15, 0.2) is 0 Å². The lowest BCUT2D eigenvalue weighted by molar-refractivity contribution is 0.619. The smallest absolute Gasteiger partial charge is 0.143 e. The van der Waals surface area contributed by atoms with E-state index >= 15 is 0 Å². The van der Waals surface area contributed by atoms with Crippen molar-refractivity contribution in [3.8, 4) is 0 Å². The van der Waals surface area contributed by atoms with Crippen molar-refractivity contribution in [2.45, 2.75) is 39.5 Å². The highest BCUT2D eigenvalue weighted by Crippen LogP contribution is 2.39. The van der Waals surface area contributed by atoms with Gasteiger partial charge in [-0.3, -0.25) is 0 Å². The number of fused-ring (bicyclic) bond motifs is 3. The zero-order valence-electron chi connectivity index (χ0n) is 13.2. The van der Waals surface area contributed by atoms with Gasteiger partial charge in [-0.25, -0.2) is 14.4 Å². The topological polar surface area (TPSA) is 37.8 Å². The lowest BCUT2D eigenvalue weighted by Crippen LogP contribution is -2.02. The molecule has 1 aromatic carbocycles. The van der Waals surface area contributed by atoms with Crippen LogP contribution in [-0.2, 0) is 12.8 Å². The van der Waals surface area contributed by atoms with E-state index in [4.69, 9.17) is 0 Å². The SMILES string of the molecule is Cc1nc(Nc2ccc(C)c(F)c2)c2c3c(sc2n1)CCCC3. The van der Waals surface area contributed by atoms with Gasteiger partial charge in [-0.2, -0.15) is 0 Å². The van der Waals surface area contributed by atoms with E-state index in [-0.39, 0.29) is 5.82 Å². The third kappa shape index (κ3) is 2.59. The van der Waals surface area contributed by atoms with Crippen molar-refractivity contribution >= 4 is 33.1 Å². The van der Waals surface area contributed by atoms with Crippen molar-refractivity contribution in [3.05, 3.63) is 45.8 Å². The molecule has 23 heavy (non-hydrogen) atoms. The molecule has 2 aromatic heterocycles. The fraction of sp³-hybridized carbons (Fsp3) is 0.333. The molecule has 0 amide bonds. The zero-order valence-corrected chi connectivity index (χ0v) is 14.1. The third-order valence-electron chi connectivity index (χ3n) is 4.36. The van der Waals surface area contributed by atoms with Crippen molar-refractivity contribution in [2.75, 3.05) is 5.32 Å². The van der Waals surface area contributed by atoms with Crippen molar-refractivity contribution in [1.82, 2.24) is 9.97 Å². The summed E-state index contributed by atoms with van der Waals surface area (Å²) in [6.45, 7) is 3.67. The number of halogens is 1. The van der Waals surface area contributed by atoms with Gasteiger partial charge in [0.1, 0.15) is 22.3 Å². The molecule has 0 fully saturated rings. The molecule has 3 aromatic rings. The standard InChI is InChI=1S/C18H18FN3S/c1-10-7-8-12(9-14(10)19)22-17-16-13-5-3-4-6-15(13)23-18(16)21-11(2)20-17/h7-9H,3-6H2,1-2H3,(H,20,21,22). The van der Waals surface area contributed by atoms with Crippen LogP contribution in [0.15, 0.2) is 18.2 Å². The molecule has 2 heterocycles. The molecule has 0 unspecified atom stereocenters. The number of anilines is 2. The summed E-state index contributed by atoms with van der Waals surface area (Å²) >= 11 is 1.78. The average molecular weight is 327 g/mol. The lowest BCUT2D eigenvalue weighted by atomic mass is 9.97. The van der Waals surface area contributed by atoms with Crippen LogP contribution in [0.3, 0.4) is 0 Å². The molecule has 0 radical (unpaired) electrons. The lowest BCUT2D eigenvalue weighted by Gasteiger charge is -2.13. The summed E-state index contributed by atoms with van der Waals surface area (Å²) in [5.74, 6) is 1.34. The van der Waals surface area contributed by atoms with Crippen LogP contribution in [-0.4, -0.2) is 9.97 Å². The molecule has 118 valence electrons. The van der Waals surface area contributed by atoms with Crippen LogP contribution in [0.4, 0.5) is 15.9 Å². The van der Waals surface area contributed by atoms with Gasteiger partial charge >= 0.3 is 0 Å². The van der Waals surface area contributed by atoms with Crippen LogP contribution in [0.1, 0.15) is 34.7 Å². The summed E-state index contributed by atoms with van der Waals surface area (Å²) in [6, 6.07) is 5.20. The highest BCUT2D eigenvalue weighted by molar-refractivity contribution is 7.19. The van der Waals surface area contributed by atoms with E-state index in [9.17, 15) is 4.39 Å². The number of rotatable bonds is 2. The number of aryl methyl sites for hydroxylation is 4. The Balaban J connectivity index is 1.85. The van der Waals surface area contributed by atoms with Crippen molar-refractivity contribution in [2.24, 2.45) is 0 Å². The summed E-state index contributed by atoms with van der Waals surface area (Å²) in [5, 5.41) is 4.43. The third-order valence-corrected chi connectivity index (χ3v) is 5.55. The molecule has 0 bridgehead atoms. The van der Waals surface area contributed by atoms with Crippen molar-refractivity contribution in [3.63, 3.8) is 0 Å². The van der Waals surface area contributed by atoms with Crippen LogP contribution in [0.2, 0.25) is 0 Å². The molecule has 5 heteroatoms. The maximum atomic E-state index is 13.8. The summed E-state index contributed by atoms with van der Waals surface area (Å²) in [7, 11) is 0. The molecule has 0 aliphatic heterocycles. The second-order valence-corrected chi connectivity index (χ2v) is 7.18. The minimum atomic E-state index is -0.204. The van der Waals surface area contributed by atoms with E-state index in [0.29, 0.717) is 5.56 Å². The Morgan fingerprint density at radius 2 is 1.96 bits per heavy atom. The number of hydrogen-bond acceptors (Lipinski definition) is 4. The normalized spacial score (nSPS) is 14.0.